The third-order valence-electron chi connectivity index (χ3n) is 5.29. The Morgan fingerprint density at radius 3 is 2.63 bits per heavy atom. The van der Waals surface area contributed by atoms with Crippen molar-refractivity contribution >= 4 is 16.9 Å². The molecule has 1 atom stereocenters. The van der Waals surface area contributed by atoms with Crippen LogP contribution in [0.1, 0.15) is 0 Å². The number of nitroso groups, excluding NO2 is 1. The highest BCUT2D eigenvalue weighted by atomic mass is 19.1. The highest BCUT2D eigenvalue weighted by Gasteiger charge is 2.16. The lowest BCUT2D eigenvalue weighted by Crippen LogP contribution is -2.29. The van der Waals surface area contributed by atoms with Crippen molar-refractivity contribution in [3.8, 4) is 22.8 Å². The molecule has 0 aliphatic rings. The van der Waals surface area contributed by atoms with Gasteiger partial charge in [-0.3, -0.25) is 9.67 Å². The monoisotopic (exact) mass is 481 g/mol. The predicted octanol–water partition coefficient (Wildman–Crippen LogP) is 3.00. The van der Waals surface area contributed by atoms with Crippen LogP contribution in [0.25, 0.3) is 22.4 Å². The first kappa shape index (κ1) is 24.0. The summed E-state index contributed by atoms with van der Waals surface area (Å²) in [4.78, 5) is 25.3. The topological polar surface area (TPSA) is 118 Å². The average molecular weight is 481 g/mol. The van der Waals surface area contributed by atoms with Crippen molar-refractivity contribution in [1.82, 2.24) is 24.3 Å². The molecule has 182 valence electrons. The first-order valence-electron chi connectivity index (χ1n) is 10.6. The molecule has 0 aliphatic carbocycles. The quantitative estimate of drug-likeness (QED) is 0.337. The molecule has 0 saturated heterocycles. The maximum absolute atomic E-state index is 15.0. The van der Waals surface area contributed by atoms with Gasteiger partial charge in [0.05, 0.1) is 45.5 Å². The van der Waals surface area contributed by atoms with Crippen LogP contribution in [0.3, 0.4) is 0 Å². The van der Waals surface area contributed by atoms with Crippen LogP contribution in [-0.4, -0.2) is 58.3 Å². The molecule has 0 fully saturated rings. The zero-order valence-electron chi connectivity index (χ0n) is 19.7. The zero-order chi connectivity index (χ0) is 24.9. The van der Waals surface area contributed by atoms with Crippen LogP contribution in [0.15, 0.2) is 53.0 Å². The van der Waals surface area contributed by atoms with E-state index in [9.17, 15) is 4.91 Å². The molecule has 0 spiro atoms. The van der Waals surface area contributed by atoms with E-state index >= 15 is 4.39 Å². The number of aryl methyl sites for hydroxylation is 1. The standard InChI is InChI=1S/C23H24FN7O4/c1-30-11-14(9-26-30)19-10-25-17-5-6-21(31(23(17)28-19)12-15(29-32)13-33-2)27-18-7-16(34-3)8-20(35-4)22(18)24/h5-11,15H,12-13H2,1-4H3. The van der Waals surface area contributed by atoms with Gasteiger partial charge in [0.15, 0.2) is 17.2 Å². The molecule has 0 radical (unpaired) electrons. The summed E-state index contributed by atoms with van der Waals surface area (Å²) in [6.45, 7) is 0.171. The molecule has 11 nitrogen and oxygen atoms in total. The fourth-order valence-electron chi connectivity index (χ4n) is 3.58. The number of aromatic nitrogens is 5. The highest BCUT2D eigenvalue weighted by molar-refractivity contribution is 5.73. The number of hydrogen-bond donors (Lipinski definition) is 0. The number of rotatable bonds is 9. The fourth-order valence-corrected chi connectivity index (χ4v) is 3.58. The third kappa shape index (κ3) is 5.01. The van der Waals surface area contributed by atoms with Crippen LogP contribution in [0, 0.1) is 10.7 Å². The highest BCUT2D eigenvalue weighted by Crippen LogP contribution is 2.32. The molecule has 12 heteroatoms. The predicted molar refractivity (Wildman–Crippen MR) is 126 cm³/mol. The van der Waals surface area contributed by atoms with Crippen molar-refractivity contribution in [2.24, 2.45) is 17.2 Å². The van der Waals surface area contributed by atoms with E-state index in [0.717, 1.165) is 5.56 Å². The van der Waals surface area contributed by atoms with E-state index in [2.05, 4.69) is 20.3 Å². The Morgan fingerprint density at radius 1 is 1.14 bits per heavy atom. The lowest BCUT2D eigenvalue weighted by molar-refractivity contribution is 0.174. The molecule has 4 rings (SSSR count). The van der Waals surface area contributed by atoms with E-state index in [1.807, 2.05) is 6.20 Å². The fraction of sp³-hybridized carbons (Fsp3) is 0.304. The summed E-state index contributed by atoms with van der Waals surface area (Å²) in [7, 11) is 6.11. The van der Waals surface area contributed by atoms with E-state index < -0.39 is 11.9 Å². The van der Waals surface area contributed by atoms with Crippen LogP contribution >= 0.6 is 0 Å². The second kappa shape index (κ2) is 10.4. The Labute approximate surface area is 199 Å². The van der Waals surface area contributed by atoms with Crippen molar-refractivity contribution < 1.29 is 18.6 Å². The second-order valence-electron chi connectivity index (χ2n) is 7.66. The molecule has 1 aromatic carbocycles. The molecule has 4 aromatic rings. The SMILES string of the molecule is COCC(Cn1c(=Nc2cc(OC)cc(OC)c2F)ccc2ncc(-c3cnn(C)c3)nc21)N=O. The molecule has 3 heterocycles. The maximum atomic E-state index is 15.0. The van der Waals surface area contributed by atoms with Crippen molar-refractivity contribution in [3.63, 3.8) is 0 Å². The maximum Gasteiger partial charge on any atom is 0.190 e. The van der Waals surface area contributed by atoms with Gasteiger partial charge in [0.25, 0.3) is 0 Å². The minimum atomic E-state index is -0.738. The molecule has 0 N–H and O–H groups in total. The number of nitrogens with zero attached hydrogens (tertiary/aromatic N) is 7. The summed E-state index contributed by atoms with van der Waals surface area (Å²) >= 11 is 0. The van der Waals surface area contributed by atoms with Gasteiger partial charge in [-0.05, 0) is 12.1 Å². The number of halogens is 1. The van der Waals surface area contributed by atoms with Crippen LogP contribution < -0.4 is 15.0 Å². The molecular formula is C23H24FN7O4. The van der Waals surface area contributed by atoms with Gasteiger partial charge < -0.3 is 18.8 Å². The molecular weight excluding hydrogens is 457 g/mol. The number of methoxy groups -OCH3 is 3. The molecule has 0 bridgehead atoms. The van der Waals surface area contributed by atoms with Crippen LogP contribution in [0.5, 0.6) is 11.5 Å². The van der Waals surface area contributed by atoms with Gasteiger partial charge in [0.1, 0.15) is 28.5 Å². The number of fused-ring (bicyclic) bond motifs is 1. The number of hydrogen-bond acceptors (Lipinski definition) is 9. The number of benzene rings is 1. The lowest BCUT2D eigenvalue weighted by atomic mass is 10.2. The van der Waals surface area contributed by atoms with Crippen molar-refractivity contribution in [3.05, 3.63) is 59.1 Å². The van der Waals surface area contributed by atoms with Gasteiger partial charge in [-0.25, -0.2) is 14.4 Å². The summed E-state index contributed by atoms with van der Waals surface area (Å²) in [5, 5.41) is 7.35. The summed E-state index contributed by atoms with van der Waals surface area (Å²) < 4.78 is 33.9. The molecule has 3 aromatic heterocycles. The Kier molecular flexibility index (Phi) is 7.11. The van der Waals surface area contributed by atoms with Crippen LogP contribution in [-0.2, 0) is 18.3 Å². The molecule has 0 saturated carbocycles. The van der Waals surface area contributed by atoms with Crippen molar-refractivity contribution in [2.45, 2.75) is 12.6 Å². The first-order valence-corrected chi connectivity index (χ1v) is 10.6. The number of ether oxygens (including phenoxy) is 3. The van der Waals surface area contributed by atoms with E-state index in [1.54, 1.807) is 40.8 Å². The normalized spacial score (nSPS) is 12.7. The van der Waals surface area contributed by atoms with E-state index in [-0.39, 0.29) is 24.6 Å². The molecule has 0 aliphatic heterocycles. The minimum Gasteiger partial charge on any atom is -0.497 e. The zero-order valence-corrected chi connectivity index (χ0v) is 19.7. The second-order valence-corrected chi connectivity index (χ2v) is 7.66. The first-order chi connectivity index (χ1) is 17.0. The Balaban J connectivity index is 1.97. The minimum absolute atomic E-state index is 0.00646. The Hall–Kier alpha value is -4.19. The van der Waals surface area contributed by atoms with E-state index in [1.165, 1.54) is 33.5 Å². The molecule has 0 amide bonds. The smallest absolute Gasteiger partial charge is 0.190 e. The van der Waals surface area contributed by atoms with Gasteiger partial charge in [-0.15, -0.1) is 0 Å². The van der Waals surface area contributed by atoms with Crippen LogP contribution in [0.2, 0.25) is 0 Å². The molecule has 1 unspecified atom stereocenters. The molecule has 35 heavy (non-hydrogen) atoms. The summed E-state index contributed by atoms with van der Waals surface area (Å²) in [6, 6.07) is 5.53. The summed E-state index contributed by atoms with van der Waals surface area (Å²) in [5.74, 6) is -0.294. The van der Waals surface area contributed by atoms with Crippen LogP contribution in [0.4, 0.5) is 10.1 Å². The average Bonchev–Trinajstić information content (AvgIpc) is 3.31. The van der Waals surface area contributed by atoms with Crippen molar-refractivity contribution in [1.29, 1.82) is 0 Å². The van der Waals surface area contributed by atoms with Gasteiger partial charge in [-0.2, -0.15) is 10.0 Å². The van der Waals surface area contributed by atoms with Gasteiger partial charge in [-0.1, -0.05) is 5.18 Å². The van der Waals surface area contributed by atoms with E-state index in [4.69, 9.17) is 19.2 Å². The Bertz CT molecular complexity index is 1430. The van der Waals surface area contributed by atoms with E-state index in [0.29, 0.717) is 28.1 Å². The Morgan fingerprint density at radius 2 is 1.97 bits per heavy atom. The lowest BCUT2D eigenvalue weighted by Gasteiger charge is -2.15. The summed E-state index contributed by atoms with van der Waals surface area (Å²) in [6.07, 6.45) is 5.12. The largest absolute Gasteiger partial charge is 0.497 e. The van der Waals surface area contributed by atoms with Gasteiger partial charge in [0.2, 0.25) is 0 Å². The van der Waals surface area contributed by atoms with Gasteiger partial charge in [0, 0.05) is 38.1 Å². The number of pyridine rings is 1. The van der Waals surface area contributed by atoms with Crippen molar-refractivity contribution in [2.75, 3.05) is 27.9 Å². The van der Waals surface area contributed by atoms with Gasteiger partial charge >= 0.3 is 0 Å². The third-order valence-corrected chi connectivity index (χ3v) is 5.29. The summed E-state index contributed by atoms with van der Waals surface area (Å²) in [5.41, 5.74) is 2.66.